The van der Waals surface area contributed by atoms with Crippen LogP contribution in [0.1, 0.15) is 16.6 Å². The minimum atomic E-state index is -0.255. The van der Waals surface area contributed by atoms with Crippen LogP contribution in [0.4, 0.5) is 9.39 Å². The molecule has 0 fully saturated rings. The van der Waals surface area contributed by atoms with Gasteiger partial charge >= 0.3 is 0 Å². The van der Waals surface area contributed by atoms with Crippen molar-refractivity contribution in [3.63, 3.8) is 0 Å². The molecule has 0 N–H and O–H groups in total. The zero-order valence-electron chi connectivity index (χ0n) is 10.9. The van der Waals surface area contributed by atoms with Crippen molar-refractivity contribution in [1.82, 2.24) is 4.90 Å². The molecule has 104 valence electrons. The van der Waals surface area contributed by atoms with Gasteiger partial charge in [0.05, 0.1) is 0 Å². The van der Waals surface area contributed by atoms with Gasteiger partial charge in [0.1, 0.15) is 17.2 Å². The van der Waals surface area contributed by atoms with Crippen molar-refractivity contribution in [2.75, 3.05) is 0 Å². The van der Waals surface area contributed by atoms with Crippen molar-refractivity contribution < 1.29 is 4.39 Å². The molecule has 1 unspecified atom stereocenters. The van der Waals surface area contributed by atoms with E-state index in [1.54, 1.807) is 34.7 Å². The second-order valence-corrected chi connectivity index (χ2v) is 6.35. The second kappa shape index (κ2) is 4.51. The summed E-state index contributed by atoms with van der Waals surface area (Å²) in [5.41, 5.74) is 3.00. The van der Waals surface area contributed by atoms with Crippen molar-refractivity contribution in [2.45, 2.75) is 13.1 Å². The van der Waals surface area contributed by atoms with Crippen LogP contribution in [0.3, 0.4) is 0 Å². The van der Waals surface area contributed by atoms with Gasteiger partial charge in [-0.05, 0) is 36.8 Å². The van der Waals surface area contributed by atoms with E-state index in [0.717, 1.165) is 26.6 Å². The molecular formula is C14H9FN4S2. The van der Waals surface area contributed by atoms with Gasteiger partial charge in [-0.1, -0.05) is 12.1 Å². The first kappa shape index (κ1) is 12.7. The molecule has 0 bridgehead atoms. The van der Waals surface area contributed by atoms with Crippen LogP contribution in [-0.2, 0) is 0 Å². The Balaban J connectivity index is 1.93. The number of halogens is 1. The first-order chi connectivity index (χ1) is 10.1. The topological polar surface area (TPSA) is 40.3 Å². The maximum atomic E-state index is 13.2. The molecule has 0 radical (unpaired) electrons. The van der Waals surface area contributed by atoms with Crippen LogP contribution in [-0.4, -0.2) is 16.4 Å². The molecule has 0 amide bonds. The molecule has 2 aliphatic rings. The van der Waals surface area contributed by atoms with Gasteiger partial charge in [0, 0.05) is 16.0 Å². The highest BCUT2D eigenvalue weighted by Crippen LogP contribution is 2.49. The van der Waals surface area contributed by atoms with E-state index in [-0.39, 0.29) is 12.0 Å². The van der Waals surface area contributed by atoms with Crippen LogP contribution in [0, 0.1) is 12.7 Å². The van der Waals surface area contributed by atoms with Gasteiger partial charge < -0.3 is 0 Å². The lowest BCUT2D eigenvalue weighted by atomic mass is 9.99. The maximum absolute atomic E-state index is 13.2. The van der Waals surface area contributed by atoms with Crippen LogP contribution in [0.5, 0.6) is 0 Å². The Kier molecular flexibility index (Phi) is 2.73. The third-order valence-corrected chi connectivity index (χ3v) is 4.85. The Bertz CT molecular complexity index is 807. The molecule has 0 saturated carbocycles. The molecule has 3 heterocycles. The largest absolute Gasteiger partial charge is 0.277 e. The SMILES string of the molecule is Cc1sc2c(c1-c1ccc(F)cc1)C1N=NC(=S)N1C=N2. The number of aliphatic imine (C=N–C) groups is 1. The lowest BCUT2D eigenvalue weighted by molar-refractivity contribution is 0.500. The van der Waals surface area contributed by atoms with Crippen molar-refractivity contribution in [1.29, 1.82) is 0 Å². The lowest BCUT2D eigenvalue weighted by Crippen LogP contribution is -2.27. The van der Waals surface area contributed by atoms with E-state index in [9.17, 15) is 4.39 Å². The number of thiocarbonyl (C=S) groups is 1. The van der Waals surface area contributed by atoms with Crippen LogP contribution < -0.4 is 0 Å². The molecule has 0 aliphatic carbocycles. The first-order valence-corrected chi connectivity index (χ1v) is 7.54. The summed E-state index contributed by atoms with van der Waals surface area (Å²) >= 11 is 6.76. The van der Waals surface area contributed by atoms with E-state index >= 15 is 0 Å². The number of rotatable bonds is 1. The number of nitrogens with zero attached hydrogens (tertiary/aromatic N) is 4. The van der Waals surface area contributed by atoms with Crippen LogP contribution >= 0.6 is 23.6 Å². The fourth-order valence-electron chi connectivity index (χ4n) is 2.60. The minimum absolute atomic E-state index is 0.248. The monoisotopic (exact) mass is 316 g/mol. The van der Waals surface area contributed by atoms with E-state index in [0.29, 0.717) is 5.11 Å². The molecule has 1 aromatic carbocycles. The summed E-state index contributed by atoms with van der Waals surface area (Å²) in [5.74, 6) is -0.248. The normalized spacial score (nSPS) is 19.0. The zero-order valence-corrected chi connectivity index (χ0v) is 12.6. The Labute approximate surface area is 129 Å². The number of benzene rings is 1. The standard InChI is InChI=1S/C14H9FN4S2/c1-7-10(8-2-4-9(15)5-3-8)11-12-17-18-14(20)19(12)6-16-13(11)21-7/h2-6,12H,1H3. The lowest BCUT2D eigenvalue weighted by Gasteiger charge is -2.22. The number of hydrogen-bond acceptors (Lipinski definition) is 4. The molecule has 1 aromatic heterocycles. The van der Waals surface area contributed by atoms with Crippen molar-refractivity contribution in [2.24, 2.45) is 15.2 Å². The van der Waals surface area contributed by atoms with Crippen LogP contribution in [0.25, 0.3) is 11.1 Å². The van der Waals surface area contributed by atoms with Crippen LogP contribution in [0.2, 0.25) is 0 Å². The van der Waals surface area contributed by atoms with Gasteiger partial charge in [-0.2, -0.15) is 5.11 Å². The van der Waals surface area contributed by atoms with E-state index in [1.165, 1.54) is 12.1 Å². The summed E-state index contributed by atoms with van der Waals surface area (Å²) in [4.78, 5) is 7.35. The fourth-order valence-corrected chi connectivity index (χ4v) is 3.83. The molecule has 4 nitrogen and oxygen atoms in total. The predicted octanol–water partition coefficient (Wildman–Crippen LogP) is 4.59. The number of aryl methyl sites for hydroxylation is 1. The molecule has 21 heavy (non-hydrogen) atoms. The number of hydrogen-bond donors (Lipinski definition) is 0. The second-order valence-electron chi connectivity index (χ2n) is 4.78. The van der Waals surface area contributed by atoms with Crippen LogP contribution in [0.15, 0.2) is 39.5 Å². The van der Waals surface area contributed by atoms with E-state index in [1.807, 2.05) is 6.92 Å². The molecule has 0 saturated heterocycles. The number of azo groups is 1. The van der Waals surface area contributed by atoms with Gasteiger partial charge in [0.15, 0.2) is 6.17 Å². The van der Waals surface area contributed by atoms with E-state index in [2.05, 4.69) is 15.2 Å². The highest BCUT2D eigenvalue weighted by Gasteiger charge is 2.36. The summed E-state index contributed by atoms with van der Waals surface area (Å²) in [6.45, 7) is 2.03. The molecule has 1 atom stereocenters. The molecule has 2 aliphatic heterocycles. The predicted molar refractivity (Wildman–Crippen MR) is 84.6 cm³/mol. The zero-order chi connectivity index (χ0) is 14.6. The van der Waals surface area contributed by atoms with E-state index in [4.69, 9.17) is 12.2 Å². The summed E-state index contributed by atoms with van der Waals surface area (Å²) in [6, 6.07) is 6.47. The molecule has 4 rings (SSSR count). The summed E-state index contributed by atoms with van der Waals surface area (Å²) in [6.07, 6.45) is 1.43. The molecular weight excluding hydrogens is 307 g/mol. The minimum Gasteiger partial charge on any atom is -0.277 e. The summed E-state index contributed by atoms with van der Waals surface area (Å²) in [7, 11) is 0. The molecule has 7 heteroatoms. The third-order valence-electron chi connectivity index (χ3n) is 3.53. The van der Waals surface area contributed by atoms with Gasteiger partial charge in [0.2, 0.25) is 5.11 Å². The maximum Gasteiger partial charge on any atom is 0.223 e. The van der Waals surface area contributed by atoms with Gasteiger partial charge in [-0.15, -0.1) is 16.5 Å². The van der Waals surface area contributed by atoms with Gasteiger partial charge in [-0.25, -0.2) is 9.38 Å². The van der Waals surface area contributed by atoms with Crippen molar-refractivity contribution >= 4 is 40.0 Å². The Hall–Kier alpha value is -1.99. The van der Waals surface area contributed by atoms with Crippen molar-refractivity contribution in [3.8, 4) is 11.1 Å². The summed E-state index contributed by atoms with van der Waals surface area (Å²) < 4.78 is 13.2. The third kappa shape index (κ3) is 1.85. The average Bonchev–Trinajstić information content (AvgIpc) is 3.00. The number of thiophene rings is 1. The van der Waals surface area contributed by atoms with Gasteiger partial charge in [-0.3, -0.25) is 4.90 Å². The highest BCUT2D eigenvalue weighted by atomic mass is 32.1. The number of fused-ring (bicyclic) bond motifs is 3. The highest BCUT2D eigenvalue weighted by molar-refractivity contribution is 7.80. The van der Waals surface area contributed by atoms with Gasteiger partial charge in [0.25, 0.3) is 0 Å². The molecule has 2 aromatic rings. The summed E-state index contributed by atoms with van der Waals surface area (Å²) in [5, 5.41) is 9.55. The smallest absolute Gasteiger partial charge is 0.223 e. The quantitative estimate of drug-likeness (QED) is 0.722. The van der Waals surface area contributed by atoms with E-state index < -0.39 is 0 Å². The average molecular weight is 316 g/mol. The Morgan fingerprint density at radius 1 is 1.29 bits per heavy atom. The Morgan fingerprint density at radius 2 is 2.05 bits per heavy atom. The molecule has 0 spiro atoms. The van der Waals surface area contributed by atoms with Crippen molar-refractivity contribution in [3.05, 3.63) is 40.5 Å². The first-order valence-electron chi connectivity index (χ1n) is 6.32. The Morgan fingerprint density at radius 3 is 2.81 bits per heavy atom. The fraction of sp³-hybridized carbons (Fsp3) is 0.143.